The maximum absolute atomic E-state index is 12.0. The van der Waals surface area contributed by atoms with E-state index in [1.54, 1.807) is 4.68 Å². The molecule has 0 bridgehead atoms. The van der Waals surface area contributed by atoms with Gasteiger partial charge in [-0.15, -0.1) is 5.10 Å². The van der Waals surface area contributed by atoms with Gasteiger partial charge in [-0.2, -0.15) is 8.75 Å². The predicted octanol–water partition coefficient (Wildman–Crippen LogP) is 1.18. The molecule has 108 valence electrons. The first-order valence-corrected chi connectivity index (χ1v) is 7.18. The van der Waals surface area contributed by atoms with Crippen LogP contribution in [0.4, 0.5) is 0 Å². The number of nitrogens with zero attached hydrogens (tertiary/aromatic N) is 5. The molecule has 20 heavy (non-hydrogen) atoms. The predicted molar refractivity (Wildman–Crippen MR) is 75.7 cm³/mol. The first-order chi connectivity index (χ1) is 9.49. The Kier molecular flexibility index (Phi) is 4.43. The molecular weight excluding hydrogens is 276 g/mol. The molecule has 2 heterocycles. The quantitative estimate of drug-likeness (QED) is 0.895. The molecule has 8 heteroatoms. The molecule has 0 atom stereocenters. The number of hydrogen-bond acceptors (Lipinski definition) is 6. The standard InChI is InChI=1S/C12H18N6OS/c1-7(2)5-13-12(19)11-9(4)18(17-14-11)6-10-8(3)15-20-16-10/h7H,5-6H2,1-4H3,(H,13,19). The van der Waals surface area contributed by atoms with Crippen LogP contribution in [0, 0.1) is 19.8 Å². The van der Waals surface area contributed by atoms with Crippen LogP contribution >= 0.6 is 11.7 Å². The van der Waals surface area contributed by atoms with Gasteiger partial charge < -0.3 is 5.32 Å². The lowest BCUT2D eigenvalue weighted by Crippen LogP contribution is -2.28. The number of hydrogen-bond donors (Lipinski definition) is 1. The average Bonchev–Trinajstić information content (AvgIpc) is 2.95. The summed E-state index contributed by atoms with van der Waals surface area (Å²) in [4.78, 5) is 12.0. The average molecular weight is 294 g/mol. The van der Waals surface area contributed by atoms with E-state index in [1.807, 2.05) is 27.7 Å². The van der Waals surface area contributed by atoms with E-state index in [0.717, 1.165) is 17.1 Å². The Balaban J connectivity index is 2.11. The lowest BCUT2D eigenvalue weighted by atomic mass is 10.2. The van der Waals surface area contributed by atoms with Crippen molar-refractivity contribution < 1.29 is 4.79 Å². The maximum atomic E-state index is 12.0. The first kappa shape index (κ1) is 14.6. The second-order valence-corrected chi connectivity index (χ2v) is 5.61. The smallest absolute Gasteiger partial charge is 0.273 e. The highest BCUT2D eigenvalue weighted by Crippen LogP contribution is 2.10. The Hall–Kier alpha value is -1.83. The fraction of sp³-hybridized carbons (Fsp3) is 0.583. The number of amides is 1. The third kappa shape index (κ3) is 3.19. The van der Waals surface area contributed by atoms with Crippen molar-refractivity contribution in [2.24, 2.45) is 5.92 Å². The molecule has 0 aliphatic heterocycles. The van der Waals surface area contributed by atoms with E-state index in [0.29, 0.717) is 24.7 Å². The van der Waals surface area contributed by atoms with E-state index < -0.39 is 0 Å². The Labute approximate surface area is 121 Å². The number of carbonyl (C=O) groups excluding carboxylic acids is 1. The van der Waals surface area contributed by atoms with Crippen molar-refractivity contribution in [1.82, 2.24) is 29.1 Å². The van der Waals surface area contributed by atoms with Crippen LogP contribution in [0.3, 0.4) is 0 Å². The molecule has 0 aliphatic rings. The minimum Gasteiger partial charge on any atom is -0.350 e. The van der Waals surface area contributed by atoms with Crippen LogP contribution in [0.2, 0.25) is 0 Å². The molecule has 0 unspecified atom stereocenters. The van der Waals surface area contributed by atoms with Crippen molar-refractivity contribution in [1.29, 1.82) is 0 Å². The van der Waals surface area contributed by atoms with E-state index in [9.17, 15) is 4.79 Å². The zero-order valence-corrected chi connectivity index (χ0v) is 12.9. The van der Waals surface area contributed by atoms with Gasteiger partial charge in [0.05, 0.1) is 35.4 Å². The summed E-state index contributed by atoms with van der Waals surface area (Å²) in [6.07, 6.45) is 0. The zero-order chi connectivity index (χ0) is 14.7. The number of aryl methyl sites for hydroxylation is 1. The molecular formula is C12H18N6OS. The summed E-state index contributed by atoms with van der Waals surface area (Å²) in [5, 5.41) is 10.8. The second-order valence-electron chi connectivity index (χ2n) is 5.08. The summed E-state index contributed by atoms with van der Waals surface area (Å²) in [6, 6.07) is 0. The van der Waals surface area contributed by atoms with Gasteiger partial charge in [-0.3, -0.25) is 4.79 Å². The highest BCUT2D eigenvalue weighted by atomic mass is 32.1. The van der Waals surface area contributed by atoms with Gasteiger partial charge in [-0.1, -0.05) is 19.1 Å². The van der Waals surface area contributed by atoms with E-state index in [4.69, 9.17) is 0 Å². The largest absolute Gasteiger partial charge is 0.350 e. The third-order valence-corrected chi connectivity index (χ3v) is 3.57. The summed E-state index contributed by atoms with van der Waals surface area (Å²) in [5.74, 6) is 0.216. The SMILES string of the molecule is Cc1nsnc1Cn1nnc(C(=O)NCC(C)C)c1C. The molecule has 0 aromatic carbocycles. The van der Waals surface area contributed by atoms with Crippen LogP contribution in [0.1, 0.15) is 41.4 Å². The number of rotatable bonds is 5. The van der Waals surface area contributed by atoms with Crippen LogP contribution in [-0.4, -0.2) is 36.2 Å². The minimum atomic E-state index is -0.185. The molecule has 2 rings (SSSR count). The fourth-order valence-corrected chi connectivity index (χ4v) is 2.19. The number of carbonyl (C=O) groups is 1. The van der Waals surface area contributed by atoms with Gasteiger partial charge in [0.2, 0.25) is 0 Å². The highest BCUT2D eigenvalue weighted by molar-refractivity contribution is 6.99. The van der Waals surface area contributed by atoms with Crippen molar-refractivity contribution in [3.63, 3.8) is 0 Å². The van der Waals surface area contributed by atoms with E-state index in [-0.39, 0.29) is 5.91 Å². The summed E-state index contributed by atoms with van der Waals surface area (Å²) in [6.45, 7) is 8.93. The Morgan fingerprint density at radius 1 is 1.35 bits per heavy atom. The van der Waals surface area contributed by atoms with Gasteiger partial charge in [0.15, 0.2) is 5.69 Å². The monoisotopic (exact) mass is 294 g/mol. The lowest BCUT2D eigenvalue weighted by molar-refractivity contribution is 0.0943. The molecule has 1 N–H and O–H groups in total. The molecule has 0 saturated carbocycles. The van der Waals surface area contributed by atoms with Gasteiger partial charge in [0.1, 0.15) is 0 Å². The first-order valence-electron chi connectivity index (χ1n) is 6.45. The molecule has 0 saturated heterocycles. The van der Waals surface area contributed by atoms with Crippen LogP contribution in [0.5, 0.6) is 0 Å². The number of nitrogens with one attached hydrogen (secondary N) is 1. The summed E-state index contributed by atoms with van der Waals surface area (Å²) in [5.41, 5.74) is 2.85. The topological polar surface area (TPSA) is 85.6 Å². The van der Waals surface area contributed by atoms with E-state index in [1.165, 1.54) is 11.7 Å². The zero-order valence-electron chi connectivity index (χ0n) is 12.0. The van der Waals surface area contributed by atoms with Crippen LogP contribution < -0.4 is 5.32 Å². The summed E-state index contributed by atoms with van der Waals surface area (Å²) < 4.78 is 10.0. The van der Waals surface area contributed by atoms with Crippen molar-refractivity contribution >= 4 is 17.6 Å². The molecule has 1 amide bonds. The number of aromatic nitrogens is 5. The lowest BCUT2D eigenvalue weighted by Gasteiger charge is -2.06. The molecule has 2 aromatic heterocycles. The minimum absolute atomic E-state index is 0.185. The van der Waals surface area contributed by atoms with Crippen molar-refractivity contribution in [3.8, 4) is 0 Å². The van der Waals surface area contributed by atoms with Crippen molar-refractivity contribution in [2.45, 2.75) is 34.2 Å². The van der Waals surface area contributed by atoms with Gasteiger partial charge in [-0.25, -0.2) is 4.68 Å². The highest BCUT2D eigenvalue weighted by Gasteiger charge is 2.17. The Morgan fingerprint density at radius 3 is 2.70 bits per heavy atom. The summed E-state index contributed by atoms with van der Waals surface area (Å²) in [7, 11) is 0. The molecule has 0 fully saturated rings. The van der Waals surface area contributed by atoms with Gasteiger partial charge in [-0.05, 0) is 19.8 Å². The fourth-order valence-electron chi connectivity index (χ4n) is 1.64. The van der Waals surface area contributed by atoms with Crippen molar-refractivity contribution in [2.75, 3.05) is 6.54 Å². The Morgan fingerprint density at radius 2 is 2.10 bits per heavy atom. The van der Waals surface area contributed by atoms with Crippen LogP contribution in [0.15, 0.2) is 0 Å². The molecule has 0 radical (unpaired) electrons. The maximum Gasteiger partial charge on any atom is 0.273 e. The van der Waals surface area contributed by atoms with E-state index in [2.05, 4.69) is 24.4 Å². The second kappa shape index (κ2) is 6.08. The van der Waals surface area contributed by atoms with Crippen LogP contribution in [0.25, 0.3) is 0 Å². The molecule has 0 spiro atoms. The summed E-state index contributed by atoms with van der Waals surface area (Å²) >= 11 is 1.17. The third-order valence-electron chi connectivity index (χ3n) is 2.91. The van der Waals surface area contributed by atoms with Crippen LogP contribution in [-0.2, 0) is 6.54 Å². The molecule has 7 nitrogen and oxygen atoms in total. The normalized spacial score (nSPS) is 11.1. The van der Waals surface area contributed by atoms with Gasteiger partial charge in [0.25, 0.3) is 5.91 Å². The Bertz CT molecular complexity index is 603. The van der Waals surface area contributed by atoms with Crippen molar-refractivity contribution in [3.05, 3.63) is 22.8 Å². The van der Waals surface area contributed by atoms with Gasteiger partial charge >= 0.3 is 0 Å². The molecule has 0 aliphatic carbocycles. The van der Waals surface area contributed by atoms with E-state index >= 15 is 0 Å². The van der Waals surface area contributed by atoms with Gasteiger partial charge in [0, 0.05) is 6.54 Å². The molecule has 2 aromatic rings.